The Hall–Kier alpha value is -1.39. The monoisotopic (exact) mass is 167 g/mol. The van der Waals surface area contributed by atoms with Crippen molar-refractivity contribution in [3.05, 3.63) is 11.4 Å². The lowest BCUT2D eigenvalue weighted by atomic mass is 10.2. The van der Waals surface area contributed by atoms with Gasteiger partial charge in [-0.25, -0.2) is 4.63 Å². The van der Waals surface area contributed by atoms with E-state index in [0.29, 0.717) is 17.3 Å². The Morgan fingerprint density at radius 3 is 2.92 bits per heavy atom. The highest BCUT2D eigenvalue weighted by Gasteiger charge is 2.32. The van der Waals surface area contributed by atoms with Crippen molar-refractivity contribution in [2.45, 2.75) is 18.8 Å². The zero-order valence-corrected chi connectivity index (χ0v) is 6.70. The van der Waals surface area contributed by atoms with Crippen LogP contribution < -0.4 is 5.32 Å². The van der Waals surface area contributed by atoms with Crippen LogP contribution in [-0.2, 0) is 0 Å². The third-order valence-corrected chi connectivity index (χ3v) is 1.92. The summed E-state index contributed by atoms with van der Waals surface area (Å²) in [6.45, 7) is 0. The lowest BCUT2D eigenvalue weighted by Gasteiger charge is -1.93. The molecule has 1 fully saturated rings. The van der Waals surface area contributed by atoms with Crippen LogP contribution in [0.4, 0.5) is 0 Å². The van der Waals surface area contributed by atoms with Crippen molar-refractivity contribution < 1.29 is 9.42 Å². The van der Waals surface area contributed by atoms with Gasteiger partial charge in [0.15, 0.2) is 5.69 Å². The number of aromatic nitrogens is 2. The molecule has 0 bridgehead atoms. The van der Waals surface area contributed by atoms with Gasteiger partial charge in [-0.15, -0.1) is 0 Å². The van der Waals surface area contributed by atoms with Gasteiger partial charge < -0.3 is 5.32 Å². The quantitative estimate of drug-likeness (QED) is 0.688. The van der Waals surface area contributed by atoms with Gasteiger partial charge in [0.1, 0.15) is 5.69 Å². The van der Waals surface area contributed by atoms with E-state index in [1.807, 2.05) is 0 Å². The first-order valence-electron chi connectivity index (χ1n) is 3.87. The second-order valence-corrected chi connectivity index (χ2v) is 2.85. The van der Waals surface area contributed by atoms with Crippen molar-refractivity contribution in [1.29, 1.82) is 0 Å². The Kier molecular flexibility index (Phi) is 1.56. The molecule has 1 N–H and O–H groups in total. The first kappa shape index (κ1) is 7.27. The smallest absolute Gasteiger partial charge is 0.275 e. The molecular weight excluding hydrogens is 158 g/mol. The zero-order valence-electron chi connectivity index (χ0n) is 6.70. The average molecular weight is 167 g/mol. The number of hydrogen-bond donors (Lipinski definition) is 1. The van der Waals surface area contributed by atoms with Crippen molar-refractivity contribution in [3.8, 4) is 0 Å². The number of rotatable bonds is 2. The van der Waals surface area contributed by atoms with E-state index in [4.69, 9.17) is 0 Å². The van der Waals surface area contributed by atoms with Gasteiger partial charge in [-0.2, -0.15) is 0 Å². The van der Waals surface area contributed by atoms with Gasteiger partial charge in [-0.05, 0) is 18.0 Å². The average Bonchev–Trinajstić information content (AvgIpc) is 2.83. The minimum Gasteiger partial charge on any atom is -0.354 e. The third-order valence-electron chi connectivity index (χ3n) is 1.92. The van der Waals surface area contributed by atoms with Crippen molar-refractivity contribution in [3.63, 3.8) is 0 Å². The van der Waals surface area contributed by atoms with Gasteiger partial charge in [0.2, 0.25) is 0 Å². The van der Waals surface area contributed by atoms with Gasteiger partial charge >= 0.3 is 0 Å². The van der Waals surface area contributed by atoms with Crippen LogP contribution in [0, 0.1) is 0 Å². The van der Waals surface area contributed by atoms with Crippen LogP contribution >= 0.6 is 0 Å². The molecule has 1 aliphatic rings. The summed E-state index contributed by atoms with van der Waals surface area (Å²) in [7, 11) is 1.56. The van der Waals surface area contributed by atoms with Crippen LogP contribution in [0.2, 0.25) is 0 Å². The van der Waals surface area contributed by atoms with E-state index in [2.05, 4.69) is 20.3 Å². The fourth-order valence-electron chi connectivity index (χ4n) is 1.10. The number of nitrogens with one attached hydrogen (secondary N) is 1. The summed E-state index contributed by atoms with van der Waals surface area (Å²) in [4.78, 5) is 11.2. The summed E-state index contributed by atoms with van der Waals surface area (Å²) in [5.41, 5.74) is 1.04. The largest absolute Gasteiger partial charge is 0.354 e. The molecule has 0 spiro atoms. The van der Waals surface area contributed by atoms with Crippen molar-refractivity contribution in [2.24, 2.45) is 0 Å². The Morgan fingerprint density at radius 2 is 2.33 bits per heavy atom. The molecule has 64 valence electrons. The van der Waals surface area contributed by atoms with E-state index >= 15 is 0 Å². The maximum atomic E-state index is 11.2. The summed E-state index contributed by atoms with van der Waals surface area (Å²) in [5, 5.41) is 9.74. The maximum absolute atomic E-state index is 11.2. The molecule has 0 aliphatic heterocycles. The number of nitrogens with zero attached hydrogens (tertiary/aromatic N) is 2. The zero-order chi connectivity index (χ0) is 8.55. The molecule has 1 saturated carbocycles. The van der Waals surface area contributed by atoms with E-state index in [0.717, 1.165) is 12.8 Å². The molecule has 2 rings (SSSR count). The van der Waals surface area contributed by atoms with Crippen molar-refractivity contribution >= 4 is 5.91 Å². The van der Waals surface area contributed by atoms with E-state index in [1.165, 1.54) is 0 Å². The molecule has 5 nitrogen and oxygen atoms in total. The molecule has 12 heavy (non-hydrogen) atoms. The summed E-state index contributed by atoms with van der Waals surface area (Å²) in [6.07, 6.45) is 2.16. The first-order valence-corrected chi connectivity index (χ1v) is 3.87. The summed E-state index contributed by atoms with van der Waals surface area (Å²) in [5.74, 6) is 0.168. The number of carbonyl (C=O) groups is 1. The standard InChI is InChI=1S/C7H9N3O2/c1-8-7(11)6-5(4-2-3-4)9-12-10-6/h4H,2-3H2,1H3,(H,8,11). The van der Waals surface area contributed by atoms with Crippen LogP contribution in [0.1, 0.15) is 34.9 Å². The van der Waals surface area contributed by atoms with Gasteiger partial charge in [0.25, 0.3) is 5.91 Å². The molecule has 5 heteroatoms. The predicted molar refractivity (Wildman–Crippen MR) is 39.7 cm³/mol. The van der Waals surface area contributed by atoms with E-state index < -0.39 is 0 Å². The second-order valence-electron chi connectivity index (χ2n) is 2.85. The molecule has 0 atom stereocenters. The van der Waals surface area contributed by atoms with Gasteiger partial charge in [0, 0.05) is 13.0 Å². The number of carbonyl (C=O) groups excluding carboxylic acids is 1. The molecular formula is C7H9N3O2. The lowest BCUT2D eigenvalue weighted by Crippen LogP contribution is -2.19. The number of amides is 1. The Bertz CT molecular complexity index is 303. The molecule has 1 aliphatic carbocycles. The Labute approximate surface area is 69.1 Å². The molecule has 0 unspecified atom stereocenters. The van der Waals surface area contributed by atoms with E-state index in [-0.39, 0.29) is 5.91 Å². The molecule has 0 saturated heterocycles. The maximum Gasteiger partial charge on any atom is 0.275 e. The summed E-state index contributed by atoms with van der Waals surface area (Å²) >= 11 is 0. The Morgan fingerprint density at radius 1 is 1.58 bits per heavy atom. The van der Waals surface area contributed by atoms with Crippen LogP contribution in [0.3, 0.4) is 0 Å². The first-order chi connectivity index (χ1) is 5.83. The normalized spacial score (nSPS) is 16.1. The SMILES string of the molecule is CNC(=O)c1nonc1C1CC1. The summed E-state index contributed by atoms with van der Waals surface area (Å²) in [6, 6.07) is 0. The van der Waals surface area contributed by atoms with Crippen LogP contribution in [0.25, 0.3) is 0 Å². The highest BCUT2D eigenvalue weighted by Crippen LogP contribution is 2.40. The molecule has 1 heterocycles. The minimum atomic E-state index is -0.224. The van der Waals surface area contributed by atoms with E-state index in [9.17, 15) is 4.79 Å². The minimum absolute atomic E-state index is 0.224. The molecule has 1 aromatic rings. The molecule has 1 amide bonds. The van der Waals surface area contributed by atoms with Crippen LogP contribution in [0.5, 0.6) is 0 Å². The van der Waals surface area contributed by atoms with Crippen LogP contribution in [0.15, 0.2) is 4.63 Å². The molecule has 1 aromatic heterocycles. The van der Waals surface area contributed by atoms with Gasteiger partial charge in [-0.3, -0.25) is 4.79 Å². The molecule has 0 radical (unpaired) electrons. The van der Waals surface area contributed by atoms with Crippen LogP contribution in [-0.4, -0.2) is 23.3 Å². The highest BCUT2D eigenvalue weighted by molar-refractivity contribution is 5.93. The lowest BCUT2D eigenvalue weighted by molar-refractivity contribution is 0.0952. The highest BCUT2D eigenvalue weighted by atomic mass is 16.6. The number of hydrogen-bond acceptors (Lipinski definition) is 4. The fraction of sp³-hybridized carbons (Fsp3) is 0.571. The van der Waals surface area contributed by atoms with Gasteiger partial charge in [-0.1, -0.05) is 5.16 Å². The van der Waals surface area contributed by atoms with Gasteiger partial charge in [0.05, 0.1) is 0 Å². The second kappa shape index (κ2) is 2.58. The van der Waals surface area contributed by atoms with Crippen molar-refractivity contribution in [1.82, 2.24) is 15.6 Å². The summed E-state index contributed by atoms with van der Waals surface area (Å²) < 4.78 is 4.51. The van der Waals surface area contributed by atoms with Crippen molar-refractivity contribution in [2.75, 3.05) is 7.05 Å². The third kappa shape index (κ3) is 1.07. The Balaban J connectivity index is 2.29. The molecule has 0 aromatic carbocycles. The fourth-order valence-corrected chi connectivity index (χ4v) is 1.10. The van der Waals surface area contributed by atoms with E-state index in [1.54, 1.807) is 7.05 Å². The predicted octanol–water partition coefficient (Wildman–Crippen LogP) is 0.307. The topological polar surface area (TPSA) is 68.0 Å².